The van der Waals surface area contributed by atoms with Gasteiger partial charge in [-0.25, -0.2) is 0 Å². The van der Waals surface area contributed by atoms with Gasteiger partial charge in [-0.1, -0.05) is 100 Å². The van der Waals surface area contributed by atoms with Gasteiger partial charge in [0.25, 0.3) is 0 Å². The molecule has 39 heavy (non-hydrogen) atoms. The molecule has 0 spiro atoms. The first kappa shape index (κ1) is 30.0. The van der Waals surface area contributed by atoms with Crippen LogP contribution >= 0.6 is 11.3 Å². The third-order valence-electron chi connectivity index (χ3n) is 7.73. The Bertz CT molecular complexity index is 1430. The van der Waals surface area contributed by atoms with Crippen LogP contribution in [0.5, 0.6) is 0 Å². The van der Waals surface area contributed by atoms with E-state index in [1.165, 1.54) is 55.7 Å². The molecular formula is C36H51NSSi. The van der Waals surface area contributed by atoms with Crippen LogP contribution in [0.1, 0.15) is 93.2 Å². The summed E-state index contributed by atoms with van der Waals surface area (Å²) in [6.45, 7) is 29.1. The van der Waals surface area contributed by atoms with Crippen molar-refractivity contribution in [2.24, 2.45) is 16.2 Å². The second-order valence-electron chi connectivity index (χ2n) is 16.0. The number of benzene rings is 2. The van der Waals surface area contributed by atoms with Gasteiger partial charge >= 0.3 is 0 Å². The maximum atomic E-state index is 5.07. The van der Waals surface area contributed by atoms with Crippen LogP contribution in [0, 0.1) is 23.2 Å². The summed E-state index contributed by atoms with van der Waals surface area (Å²) in [5, 5.41) is 4.08. The normalized spacial score (nSPS) is 13.7. The largest absolute Gasteiger partial charge is 0.255 e. The van der Waals surface area contributed by atoms with E-state index in [-0.39, 0.29) is 16.2 Å². The van der Waals surface area contributed by atoms with E-state index in [1.807, 2.05) is 6.20 Å². The van der Waals surface area contributed by atoms with Crippen LogP contribution in [0.25, 0.3) is 32.1 Å². The van der Waals surface area contributed by atoms with Crippen molar-refractivity contribution in [1.82, 2.24) is 4.98 Å². The van der Waals surface area contributed by atoms with Gasteiger partial charge in [-0.05, 0) is 97.2 Å². The lowest BCUT2D eigenvalue weighted by molar-refractivity contribution is 0.411. The van der Waals surface area contributed by atoms with E-state index < -0.39 is 8.07 Å². The van der Waals surface area contributed by atoms with Crippen molar-refractivity contribution in [2.45, 2.75) is 107 Å². The van der Waals surface area contributed by atoms with Gasteiger partial charge in [0.15, 0.2) is 0 Å². The fourth-order valence-electron chi connectivity index (χ4n) is 7.29. The predicted molar refractivity (Wildman–Crippen MR) is 180 cm³/mol. The van der Waals surface area contributed by atoms with Crippen LogP contribution in [0.3, 0.4) is 0 Å². The maximum Gasteiger partial charge on any atom is 0.101 e. The Hall–Kier alpha value is -1.97. The highest BCUT2D eigenvalue weighted by Gasteiger charge is 2.46. The summed E-state index contributed by atoms with van der Waals surface area (Å²) in [6, 6.07) is 19.8. The second kappa shape index (κ2) is 10.5. The summed E-state index contributed by atoms with van der Waals surface area (Å²) in [5.41, 5.74) is 6.21. The number of rotatable bonds is 6. The maximum absolute atomic E-state index is 5.07. The first-order valence-corrected chi connectivity index (χ1v) is 18.2. The molecule has 0 amide bonds. The predicted octanol–water partition coefficient (Wildman–Crippen LogP) is 11.3. The number of fused-ring (bicyclic) bond motifs is 2. The van der Waals surface area contributed by atoms with E-state index in [0.717, 1.165) is 5.69 Å². The van der Waals surface area contributed by atoms with Gasteiger partial charge in [0, 0.05) is 11.8 Å². The Morgan fingerprint density at radius 1 is 0.769 bits per heavy atom. The van der Waals surface area contributed by atoms with E-state index in [9.17, 15) is 0 Å². The second-order valence-corrected chi connectivity index (χ2v) is 21.5. The molecule has 0 radical (unpaired) electrons. The molecule has 2 aromatic carbocycles. The van der Waals surface area contributed by atoms with Crippen LogP contribution in [0.15, 0.2) is 48.7 Å². The third kappa shape index (κ3) is 6.68. The minimum atomic E-state index is -1.91. The first-order valence-electron chi connectivity index (χ1n) is 14.8. The molecule has 0 atom stereocenters. The molecule has 0 saturated carbocycles. The van der Waals surface area contributed by atoms with E-state index >= 15 is 0 Å². The van der Waals surface area contributed by atoms with Gasteiger partial charge in [-0.15, -0.1) is 11.3 Å². The van der Waals surface area contributed by atoms with Crippen molar-refractivity contribution >= 4 is 44.8 Å². The Morgan fingerprint density at radius 2 is 1.33 bits per heavy atom. The number of aryl methyl sites for hydroxylation is 1. The molecule has 3 heteroatoms. The zero-order valence-corrected chi connectivity index (χ0v) is 28.5. The van der Waals surface area contributed by atoms with Crippen LogP contribution in [-0.4, -0.2) is 13.1 Å². The average Bonchev–Trinajstić information content (AvgIpc) is 3.12. The Labute approximate surface area is 243 Å². The molecule has 0 unspecified atom stereocenters. The summed E-state index contributed by atoms with van der Waals surface area (Å²) in [6.07, 6.45) is 2.05. The van der Waals surface area contributed by atoms with Crippen LogP contribution < -0.4 is 4.50 Å². The molecule has 0 bridgehead atoms. The minimum absolute atomic E-state index is 0.289. The van der Waals surface area contributed by atoms with Crippen molar-refractivity contribution in [3.63, 3.8) is 0 Å². The highest BCUT2D eigenvalue weighted by atomic mass is 32.1. The van der Waals surface area contributed by atoms with Gasteiger partial charge in [0.2, 0.25) is 0 Å². The van der Waals surface area contributed by atoms with E-state index in [2.05, 4.69) is 137 Å². The molecule has 4 rings (SSSR count). The van der Waals surface area contributed by atoms with Gasteiger partial charge in [0.05, 0.1) is 10.4 Å². The highest BCUT2D eigenvalue weighted by molar-refractivity contribution is 7.32. The lowest BCUT2D eigenvalue weighted by Gasteiger charge is -2.44. The van der Waals surface area contributed by atoms with Crippen molar-refractivity contribution in [1.29, 1.82) is 0 Å². The van der Waals surface area contributed by atoms with Gasteiger partial charge in [0.1, 0.15) is 8.07 Å². The van der Waals surface area contributed by atoms with Crippen molar-refractivity contribution in [3.05, 3.63) is 59.8 Å². The van der Waals surface area contributed by atoms with Gasteiger partial charge in [-0.3, -0.25) is 4.98 Å². The van der Waals surface area contributed by atoms with Crippen molar-refractivity contribution in [2.75, 3.05) is 0 Å². The molecule has 2 heterocycles. The number of nitrogens with zero attached hydrogens (tertiary/aromatic N) is 1. The van der Waals surface area contributed by atoms with Crippen molar-refractivity contribution in [3.8, 4) is 11.3 Å². The lowest BCUT2D eigenvalue weighted by atomic mass is 9.92. The summed E-state index contributed by atoms with van der Waals surface area (Å²) < 4.78 is 3.10. The quantitative estimate of drug-likeness (QED) is 0.215. The molecule has 0 aliphatic heterocycles. The average molecular weight is 558 g/mol. The molecule has 210 valence electrons. The van der Waals surface area contributed by atoms with Gasteiger partial charge < -0.3 is 0 Å². The third-order valence-corrected chi connectivity index (χ3v) is 17.0. The number of pyridine rings is 1. The van der Waals surface area contributed by atoms with Crippen LogP contribution in [0.4, 0.5) is 0 Å². The fourth-order valence-corrected chi connectivity index (χ4v) is 18.1. The molecular weight excluding hydrogens is 507 g/mol. The smallest absolute Gasteiger partial charge is 0.101 e. The Kier molecular flexibility index (Phi) is 8.04. The standard InChI is InChI=1S/C36H51NSSi/c1-24(2)30-20-27(19-26-15-13-14-16-29(26)30)31-32-28(17-18-37-31)25(3)33(38-32)39(21-34(4,5)6,22-35(7,8)9)23-36(10,11)12/h13-20,24H,21-23H2,1-12H3. The molecule has 0 aliphatic rings. The molecule has 2 aromatic heterocycles. The number of thiophene rings is 1. The highest BCUT2D eigenvalue weighted by Crippen LogP contribution is 2.46. The molecule has 0 N–H and O–H groups in total. The lowest BCUT2D eigenvalue weighted by Crippen LogP contribution is -2.54. The molecule has 1 nitrogen and oxygen atoms in total. The summed E-state index contributed by atoms with van der Waals surface area (Å²) >= 11 is 2.09. The Balaban J connectivity index is 2.02. The minimum Gasteiger partial charge on any atom is -0.255 e. The van der Waals surface area contributed by atoms with Gasteiger partial charge in [-0.2, -0.15) is 0 Å². The number of hydrogen-bond acceptors (Lipinski definition) is 2. The monoisotopic (exact) mass is 557 g/mol. The SMILES string of the molecule is Cc1c([Si](CC(C)(C)C)(CC(C)(C)C)CC(C)(C)C)sc2c(-c3cc(C(C)C)c4ccccc4c3)nccc12. The van der Waals surface area contributed by atoms with Crippen LogP contribution in [-0.2, 0) is 0 Å². The Morgan fingerprint density at radius 3 is 1.87 bits per heavy atom. The van der Waals surface area contributed by atoms with E-state index in [1.54, 1.807) is 4.50 Å². The molecule has 0 fully saturated rings. The van der Waals surface area contributed by atoms with Crippen molar-refractivity contribution < 1.29 is 0 Å². The topological polar surface area (TPSA) is 12.9 Å². The van der Waals surface area contributed by atoms with E-state index in [0.29, 0.717) is 5.92 Å². The zero-order valence-electron chi connectivity index (χ0n) is 26.7. The summed E-state index contributed by atoms with van der Waals surface area (Å²) in [5.74, 6) is 0.458. The van der Waals surface area contributed by atoms with E-state index in [4.69, 9.17) is 4.98 Å². The molecule has 0 saturated heterocycles. The molecule has 0 aliphatic carbocycles. The summed E-state index contributed by atoms with van der Waals surface area (Å²) in [4.78, 5) is 5.07. The first-order chi connectivity index (χ1) is 17.9. The molecule has 4 aromatic rings. The number of aromatic nitrogens is 1. The number of hydrogen-bond donors (Lipinski definition) is 0. The fraction of sp³-hybridized carbons (Fsp3) is 0.528. The summed E-state index contributed by atoms with van der Waals surface area (Å²) in [7, 11) is -1.91. The zero-order chi connectivity index (χ0) is 29.0. The van der Waals surface area contributed by atoms with Crippen LogP contribution in [0.2, 0.25) is 18.1 Å².